The van der Waals surface area contributed by atoms with Gasteiger partial charge in [0.2, 0.25) is 0 Å². The summed E-state index contributed by atoms with van der Waals surface area (Å²) in [6.45, 7) is 7.11. The van der Waals surface area contributed by atoms with Crippen LogP contribution in [0.3, 0.4) is 0 Å². The summed E-state index contributed by atoms with van der Waals surface area (Å²) in [5.74, 6) is -0.152. The first-order chi connectivity index (χ1) is 22.9. The largest absolute Gasteiger partial charge is 0.360 e. The molecule has 0 atom stereocenters. The van der Waals surface area contributed by atoms with Crippen LogP contribution in [0.25, 0.3) is 33.6 Å². The molecule has 0 spiro atoms. The fourth-order valence-corrected chi connectivity index (χ4v) is 6.56. The molecule has 0 aliphatic rings. The lowest BCUT2D eigenvalue weighted by molar-refractivity contribution is 0.101. The molecule has 12 heteroatoms. The third-order valence-corrected chi connectivity index (χ3v) is 9.12. The van der Waals surface area contributed by atoms with Gasteiger partial charge in [0.1, 0.15) is 34.0 Å². The molecule has 0 aliphatic carbocycles. The second-order valence-corrected chi connectivity index (χ2v) is 12.7. The molecule has 6 rings (SSSR count). The van der Waals surface area contributed by atoms with Gasteiger partial charge in [-0.15, -0.1) is 0 Å². The smallest absolute Gasteiger partial charge is 0.261 e. The molecule has 6 aromatic rings. The maximum absolute atomic E-state index is 13.5. The Balaban J connectivity index is 1.21. The number of nitrogens with one attached hydrogen (secondary N) is 2. The Morgan fingerprint density at radius 1 is 0.562 bits per heavy atom. The molecular weight excluding hydrogens is 694 g/mol. The van der Waals surface area contributed by atoms with Gasteiger partial charge in [0.15, 0.2) is 0 Å². The number of hydrogen-bond donors (Lipinski definition) is 2. The monoisotopic (exact) mass is 718 g/mol. The van der Waals surface area contributed by atoms with E-state index in [1.165, 1.54) is 0 Å². The predicted molar refractivity (Wildman–Crippen MR) is 191 cm³/mol. The molecule has 2 heterocycles. The third kappa shape index (κ3) is 6.32. The van der Waals surface area contributed by atoms with Gasteiger partial charge in [-0.3, -0.25) is 9.59 Å². The van der Waals surface area contributed by atoms with Crippen LogP contribution in [0.4, 0.5) is 11.4 Å². The van der Waals surface area contributed by atoms with Gasteiger partial charge < -0.3 is 19.7 Å². The Bertz CT molecular complexity index is 2040. The molecule has 0 fully saturated rings. The van der Waals surface area contributed by atoms with Crippen molar-refractivity contribution in [3.63, 3.8) is 0 Å². The second kappa shape index (κ2) is 13.5. The number of aryl methyl sites for hydroxylation is 4. The van der Waals surface area contributed by atoms with Crippen molar-refractivity contribution >= 4 is 69.6 Å². The standard InChI is InChI=1S/C36H26Cl4N4O4/c1-17-15-21(11-13-27(17)41-35(45)29-19(3)47-43-33(29)31-23(37)7-5-8-24(31)38)22-12-14-28(18(2)16-22)42-36(46)30-20(4)48-44-34(30)32-25(39)9-6-10-26(32)40/h5-16H,1-4H3,(H,41,45)(H,42,46). The number of carbonyl (C=O) groups excluding carboxylic acids is 2. The molecule has 48 heavy (non-hydrogen) atoms. The highest BCUT2D eigenvalue weighted by atomic mass is 35.5. The molecule has 2 aromatic heterocycles. The fourth-order valence-electron chi connectivity index (χ4n) is 5.41. The van der Waals surface area contributed by atoms with Crippen molar-refractivity contribution in [2.24, 2.45) is 0 Å². The molecule has 2 N–H and O–H groups in total. The number of benzene rings is 4. The Kier molecular flexibility index (Phi) is 9.36. The van der Waals surface area contributed by atoms with Gasteiger partial charge in [0, 0.05) is 22.5 Å². The third-order valence-electron chi connectivity index (χ3n) is 7.86. The topological polar surface area (TPSA) is 110 Å². The first-order valence-corrected chi connectivity index (χ1v) is 16.1. The minimum Gasteiger partial charge on any atom is -0.360 e. The molecule has 0 bridgehead atoms. The van der Waals surface area contributed by atoms with E-state index in [2.05, 4.69) is 20.9 Å². The predicted octanol–water partition coefficient (Wildman–Crippen LogP) is 11.0. The highest BCUT2D eigenvalue weighted by Gasteiger charge is 2.27. The fraction of sp³-hybridized carbons (Fsp3) is 0.111. The molecule has 242 valence electrons. The highest BCUT2D eigenvalue weighted by Crippen LogP contribution is 2.39. The van der Waals surface area contributed by atoms with Crippen LogP contribution in [0.1, 0.15) is 43.4 Å². The van der Waals surface area contributed by atoms with Gasteiger partial charge in [-0.1, -0.05) is 81.0 Å². The maximum Gasteiger partial charge on any atom is 0.261 e. The van der Waals surface area contributed by atoms with Crippen molar-refractivity contribution in [2.45, 2.75) is 27.7 Å². The number of halogens is 4. The highest BCUT2D eigenvalue weighted by molar-refractivity contribution is 6.40. The number of rotatable bonds is 7. The molecule has 0 aliphatic heterocycles. The summed E-state index contributed by atoms with van der Waals surface area (Å²) in [5.41, 5.74) is 6.57. The van der Waals surface area contributed by atoms with Crippen LogP contribution in [-0.2, 0) is 0 Å². The molecule has 0 saturated heterocycles. The number of aromatic nitrogens is 2. The van der Waals surface area contributed by atoms with E-state index >= 15 is 0 Å². The Morgan fingerprint density at radius 3 is 1.25 bits per heavy atom. The molecule has 2 amide bonds. The lowest BCUT2D eigenvalue weighted by atomic mass is 9.99. The number of hydrogen-bond acceptors (Lipinski definition) is 6. The number of amides is 2. The van der Waals surface area contributed by atoms with Crippen LogP contribution in [0.5, 0.6) is 0 Å². The Hall–Kier alpha value is -4.60. The van der Waals surface area contributed by atoms with E-state index in [0.29, 0.717) is 54.1 Å². The van der Waals surface area contributed by atoms with Crippen LogP contribution < -0.4 is 10.6 Å². The van der Waals surface area contributed by atoms with Crippen molar-refractivity contribution in [1.29, 1.82) is 0 Å². The SMILES string of the molecule is Cc1cc(-c2ccc(NC(=O)c3c(-c4c(Cl)cccc4Cl)noc3C)c(C)c2)ccc1NC(=O)c1c(-c2c(Cl)cccc2Cl)noc1C. The normalized spacial score (nSPS) is 11.1. The van der Waals surface area contributed by atoms with Gasteiger partial charge in [-0.05, 0) is 98.5 Å². The number of carbonyl (C=O) groups is 2. The van der Waals surface area contributed by atoms with Crippen LogP contribution in [0.2, 0.25) is 20.1 Å². The molecule has 0 saturated carbocycles. The molecule has 0 radical (unpaired) electrons. The van der Waals surface area contributed by atoms with Gasteiger partial charge in [0.25, 0.3) is 11.8 Å². The zero-order chi connectivity index (χ0) is 34.3. The molecule has 4 aromatic carbocycles. The number of nitrogens with zero attached hydrogens (tertiary/aromatic N) is 2. The Labute approximate surface area is 295 Å². The van der Waals surface area contributed by atoms with E-state index in [1.54, 1.807) is 50.2 Å². The first kappa shape index (κ1) is 33.3. The zero-order valence-electron chi connectivity index (χ0n) is 26.0. The molecule has 8 nitrogen and oxygen atoms in total. The second-order valence-electron chi connectivity index (χ2n) is 11.1. The van der Waals surface area contributed by atoms with Crippen LogP contribution in [-0.4, -0.2) is 22.1 Å². The summed E-state index contributed by atoms with van der Waals surface area (Å²) < 4.78 is 10.7. The summed E-state index contributed by atoms with van der Waals surface area (Å²) >= 11 is 25.6. The minimum absolute atomic E-state index is 0.241. The van der Waals surface area contributed by atoms with Gasteiger partial charge in [-0.2, -0.15) is 0 Å². The van der Waals surface area contributed by atoms with Crippen molar-refractivity contribution in [2.75, 3.05) is 10.6 Å². The summed E-state index contributed by atoms with van der Waals surface area (Å²) in [6.07, 6.45) is 0. The average molecular weight is 720 g/mol. The summed E-state index contributed by atoms with van der Waals surface area (Å²) in [7, 11) is 0. The number of anilines is 2. The Morgan fingerprint density at radius 2 is 0.917 bits per heavy atom. The lowest BCUT2D eigenvalue weighted by Crippen LogP contribution is -2.14. The van der Waals surface area contributed by atoms with Crippen LogP contribution >= 0.6 is 46.4 Å². The quantitative estimate of drug-likeness (QED) is 0.170. The van der Waals surface area contributed by atoms with E-state index in [9.17, 15) is 9.59 Å². The summed E-state index contributed by atoms with van der Waals surface area (Å²) in [6, 6.07) is 21.5. The average Bonchev–Trinajstić information content (AvgIpc) is 3.61. The van der Waals surface area contributed by atoms with Crippen LogP contribution in [0.15, 0.2) is 81.8 Å². The summed E-state index contributed by atoms with van der Waals surface area (Å²) in [4.78, 5) is 27.0. The van der Waals surface area contributed by atoms with Gasteiger partial charge >= 0.3 is 0 Å². The van der Waals surface area contributed by atoms with Gasteiger partial charge in [-0.25, -0.2) is 0 Å². The maximum atomic E-state index is 13.5. The minimum atomic E-state index is -0.408. The van der Waals surface area contributed by atoms with Gasteiger partial charge in [0.05, 0.1) is 20.1 Å². The van der Waals surface area contributed by atoms with E-state index in [-0.39, 0.29) is 22.5 Å². The molecular formula is C36H26Cl4N4O4. The lowest BCUT2D eigenvalue weighted by Gasteiger charge is -2.13. The van der Waals surface area contributed by atoms with E-state index in [4.69, 9.17) is 55.4 Å². The molecule has 0 unspecified atom stereocenters. The van der Waals surface area contributed by atoms with Crippen LogP contribution in [0, 0.1) is 27.7 Å². The van der Waals surface area contributed by atoms with Crippen molar-refractivity contribution < 1.29 is 18.6 Å². The van der Waals surface area contributed by atoms with E-state index in [0.717, 1.165) is 22.3 Å². The zero-order valence-corrected chi connectivity index (χ0v) is 29.0. The van der Waals surface area contributed by atoms with E-state index < -0.39 is 11.8 Å². The summed E-state index contributed by atoms with van der Waals surface area (Å²) in [5, 5.41) is 15.5. The van der Waals surface area contributed by atoms with Crippen molar-refractivity contribution in [3.05, 3.63) is 127 Å². The first-order valence-electron chi connectivity index (χ1n) is 14.6. The van der Waals surface area contributed by atoms with E-state index in [1.807, 2.05) is 50.2 Å². The van der Waals surface area contributed by atoms with Crippen molar-refractivity contribution in [1.82, 2.24) is 10.3 Å². The van der Waals surface area contributed by atoms with Crippen molar-refractivity contribution in [3.8, 4) is 33.6 Å².